The van der Waals surface area contributed by atoms with Gasteiger partial charge in [-0.25, -0.2) is 13.2 Å². The van der Waals surface area contributed by atoms with E-state index < -0.39 is 17.5 Å². The van der Waals surface area contributed by atoms with Crippen LogP contribution in [0.15, 0.2) is 40.9 Å². The number of phenols is 1. The van der Waals surface area contributed by atoms with Gasteiger partial charge in [-0.05, 0) is 36.4 Å². The molecule has 21 heavy (non-hydrogen) atoms. The zero-order chi connectivity index (χ0) is 15.0. The first kappa shape index (κ1) is 13.2. The van der Waals surface area contributed by atoms with Gasteiger partial charge in [0.25, 0.3) is 5.89 Å². The van der Waals surface area contributed by atoms with E-state index >= 15 is 0 Å². The minimum Gasteiger partial charge on any atom is -0.508 e. The van der Waals surface area contributed by atoms with E-state index in [0.717, 1.165) is 12.1 Å². The minimum absolute atomic E-state index is 0.0415. The normalized spacial score (nSPS) is 10.8. The number of hydrogen-bond donors (Lipinski definition) is 1. The highest BCUT2D eigenvalue weighted by molar-refractivity contribution is 5.60. The third-order valence-electron chi connectivity index (χ3n) is 2.78. The average Bonchev–Trinajstić information content (AvgIpc) is 2.95. The minimum atomic E-state index is -1.55. The number of phenolic OH excluding ortho intramolecular Hbond substituents is 1. The first-order valence-electron chi connectivity index (χ1n) is 5.82. The number of rotatable bonds is 2. The lowest BCUT2D eigenvalue weighted by atomic mass is 10.2. The van der Waals surface area contributed by atoms with E-state index in [1.54, 1.807) is 12.1 Å². The second-order valence-corrected chi connectivity index (χ2v) is 4.22. The number of aromatic nitrogens is 2. The molecule has 0 saturated heterocycles. The first-order chi connectivity index (χ1) is 10.0. The van der Waals surface area contributed by atoms with Gasteiger partial charge in [0.1, 0.15) is 5.75 Å². The SMILES string of the molecule is Oc1ccc(-c2nc(-c3cc(F)c(F)c(F)c3)no2)cc1. The van der Waals surface area contributed by atoms with Crippen LogP contribution in [0.4, 0.5) is 13.2 Å². The maximum Gasteiger partial charge on any atom is 0.258 e. The molecule has 1 aromatic heterocycles. The molecule has 3 aromatic rings. The van der Waals surface area contributed by atoms with Crippen LogP contribution >= 0.6 is 0 Å². The van der Waals surface area contributed by atoms with E-state index in [1.807, 2.05) is 0 Å². The number of nitrogens with zero attached hydrogens (tertiary/aromatic N) is 2. The van der Waals surface area contributed by atoms with E-state index in [0.29, 0.717) is 5.56 Å². The van der Waals surface area contributed by atoms with Gasteiger partial charge in [-0.2, -0.15) is 4.98 Å². The summed E-state index contributed by atoms with van der Waals surface area (Å²) in [6.07, 6.45) is 0. The largest absolute Gasteiger partial charge is 0.508 e. The molecule has 1 heterocycles. The van der Waals surface area contributed by atoms with E-state index in [1.165, 1.54) is 12.1 Å². The van der Waals surface area contributed by atoms with E-state index in [9.17, 15) is 18.3 Å². The fourth-order valence-electron chi connectivity index (χ4n) is 1.75. The molecule has 0 amide bonds. The van der Waals surface area contributed by atoms with Crippen LogP contribution in [0.1, 0.15) is 0 Å². The highest BCUT2D eigenvalue weighted by Crippen LogP contribution is 2.25. The number of aromatic hydroxyl groups is 1. The Morgan fingerprint density at radius 1 is 0.905 bits per heavy atom. The summed E-state index contributed by atoms with van der Waals surface area (Å²) in [5.41, 5.74) is 0.481. The van der Waals surface area contributed by atoms with Gasteiger partial charge in [0, 0.05) is 11.1 Å². The summed E-state index contributed by atoms with van der Waals surface area (Å²) >= 11 is 0. The van der Waals surface area contributed by atoms with Crippen molar-refractivity contribution >= 4 is 0 Å². The van der Waals surface area contributed by atoms with Crippen LogP contribution in [0.3, 0.4) is 0 Å². The van der Waals surface area contributed by atoms with Crippen LogP contribution in [0.25, 0.3) is 22.8 Å². The van der Waals surface area contributed by atoms with Gasteiger partial charge < -0.3 is 9.63 Å². The van der Waals surface area contributed by atoms with Crippen LogP contribution in [-0.4, -0.2) is 15.2 Å². The van der Waals surface area contributed by atoms with Crippen molar-refractivity contribution in [1.29, 1.82) is 0 Å². The molecule has 3 rings (SSSR count). The van der Waals surface area contributed by atoms with Crippen molar-refractivity contribution in [1.82, 2.24) is 10.1 Å². The Morgan fingerprint density at radius 2 is 1.52 bits per heavy atom. The Bertz CT molecular complexity index is 777. The molecule has 0 fully saturated rings. The molecule has 0 aliphatic carbocycles. The standard InChI is InChI=1S/C14H7F3N2O2/c15-10-5-8(6-11(16)12(10)17)13-18-14(21-19-13)7-1-3-9(20)4-2-7/h1-6,20H. The summed E-state index contributed by atoms with van der Waals surface area (Å²) in [7, 11) is 0. The molecule has 0 spiro atoms. The monoisotopic (exact) mass is 292 g/mol. The predicted octanol–water partition coefficient (Wildman–Crippen LogP) is 3.53. The quantitative estimate of drug-likeness (QED) is 0.734. The molecule has 1 N–H and O–H groups in total. The zero-order valence-electron chi connectivity index (χ0n) is 10.3. The van der Waals surface area contributed by atoms with Crippen LogP contribution < -0.4 is 0 Å². The summed E-state index contributed by atoms with van der Waals surface area (Å²) in [4.78, 5) is 3.98. The molecule has 0 bridgehead atoms. The third-order valence-corrected chi connectivity index (χ3v) is 2.78. The Hall–Kier alpha value is -2.83. The Morgan fingerprint density at radius 3 is 2.14 bits per heavy atom. The lowest BCUT2D eigenvalue weighted by Crippen LogP contribution is -1.92. The fourth-order valence-corrected chi connectivity index (χ4v) is 1.75. The first-order valence-corrected chi connectivity index (χ1v) is 5.82. The molecular weight excluding hydrogens is 285 g/mol. The fraction of sp³-hybridized carbons (Fsp3) is 0. The van der Waals surface area contributed by atoms with Crippen LogP contribution in [0, 0.1) is 17.5 Å². The predicted molar refractivity (Wildman–Crippen MR) is 66.7 cm³/mol. The topological polar surface area (TPSA) is 59.2 Å². The smallest absolute Gasteiger partial charge is 0.258 e. The molecule has 0 atom stereocenters. The summed E-state index contributed by atoms with van der Waals surface area (Å²) < 4.78 is 44.2. The molecule has 0 aliphatic rings. The second-order valence-electron chi connectivity index (χ2n) is 4.22. The van der Waals surface area contributed by atoms with E-state index in [-0.39, 0.29) is 23.0 Å². The van der Waals surface area contributed by atoms with Crippen molar-refractivity contribution in [2.45, 2.75) is 0 Å². The van der Waals surface area contributed by atoms with Crippen molar-refractivity contribution in [3.8, 4) is 28.6 Å². The summed E-state index contributed by atoms with van der Waals surface area (Å²) in [5.74, 6) is -4.12. The molecular formula is C14H7F3N2O2. The molecule has 0 saturated carbocycles. The molecule has 0 unspecified atom stereocenters. The van der Waals surface area contributed by atoms with Crippen LogP contribution in [0.5, 0.6) is 5.75 Å². The molecule has 7 heteroatoms. The van der Waals surface area contributed by atoms with Gasteiger partial charge >= 0.3 is 0 Å². The zero-order valence-corrected chi connectivity index (χ0v) is 10.3. The van der Waals surface area contributed by atoms with Gasteiger partial charge in [-0.3, -0.25) is 0 Å². The van der Waals surface area contributed by atoms with Gasteiger partial charge in [0.2, 0.25) is 5.82 Å². The molecule has 106 valence electrons. The average molecular weight is 292 g/mol. The number of halogens is 3. The molecule has 2 aromatic carbocycles. The van der Waals surface area contributed by atoms with Crippen molar-refractivity contribution in [2.24, 2.45) is 0 Å². The van der Waals surface area contributed by atoms with Gasteiger partial charge in [-0.1, -0.05) is 5.16 Å². The molecule has 0 radical (unpaired) electrons. The number of benzene rings is 2. The van der Waals surface area contributed by atoms with Crippen molar-refractivity contribution in [3.05, 3.63) is 53.8 Å². The number of hydrogen-bond acceptors (Lipinski definition) is 4. The van der Waals surface area contributed by atoms with Crippen LogP contribution in [0.2, 0.25) is 0 Å². The van der Waals surface area contributed by atoms with Crippen molar-refractivity contribution in [2.75, 3.05) is 0 Å². The maximum atomic E-state index is 13.2. The lowest BCUT2D eigenvalue weighted by molar-refractivity contribution is 0.431. The van der Waals surface area contributed by atoms with Crippen molar-refractivity contribution < 1.29 is 22.8 Å². The Balaban J connectivity index is 2.00. The Labute approximate surface area is 116 Å². The van der Waals surface area contributed by atoms with Gasteiger partial charge in [-0.15, -0.1) is 0 Å². The maximum absolute atomic E-state index is 13.2. The second kappa shape index (κ2) is 4.93. The summed E-state index contributed by atoms with van der Waals surface area (Å²) in [5, 5.41) is 12.8. The Kier molecular flexibility index (Phi) is 3.09. The van der Waals surface area contributed by atoms with E-state index in [2.05, 4.69) is 10.1 Å². The lowest BCUT2D eigenvalue weighted by Gasteiger charge is -1.98. The van der Waals surface area contributed by atoms with E-state index in [4.69, 9.17) is 4.52 Å². The molecule has 0 aliphatic heterocycles. The van der Waals surface area contributed by atoms with Gasteiger partial charge in [0.05, 0.1) is 0 Å². The van der Waals surface area contributed by atoms with Crippen LogP contribution in [-0.2, 0) is 0 Å². The molecule has 4 nitrogen and oxygen atoms in total. The summed E-state index contributed by atoms with van der Waals surface area (Å²) in [6, 6.07) is 7.50. The highest BCUT2D eigenvalue weighted by Gasteiger charge is 2.16. The summed E-state index contributed by atoms with van der Waals surface area (Å²) in [6.45, 7) is 0. The highest BCUT2D eigenvalue weighted by atomic mass is 19.2. The van der Waals surface area contributed by atoms with Crippen molar-refractivity contribution in [3.63, 3.8) is 0 Å². The van der Waals surface area contributed by atoms with Gasteiger partial charge in [0.15, 0.2) is 17.5 Å². The third kappa shape index (κ3) is 2.45.